The highest BCUT2D eigenvalue weighted by atomic mass is 79.9. The van der Waals surface area contributed by atoms with Gasteiger partial charge in [-0.25, -0.2) is 0 Å². The topological polar surface area (TPSA) is 24.4 Å². The summed E-state index contributed by atoms with van der Waals surface area (Å²) < 4.78 is 1.09. The Balaban J connectivity index is 2.16. The first-order valence-electron chi connectivity index (χ1n) is 6.60. The number of aliphatic imine (C=N–C) groups is 1. The molecule has 0 saturated heterocycles. The van der Waals surface area contributed by atoms with Gasteiger partial charge >= 0.3 is 0 Å². The summed E-state index contributed by atoms with van der Waals surface area (Å²) in [6, 6.07) is 6.74. The predicted molar refractivity (Wildman–Crippen MR) is 90.3 cm³/mol. The zero-order chi connectivity index (χ0) is 14.0. The number of halogens is 1. The normalized spacial score (nSPS) is 20.1. The van der Waals surface area contributed by atoms with E-state index in [9.17, 15) is 0 Å². The molecule has 0 amide bonds. The molecular weight excluding hydrogens is 320 g/mol. The summed E-state index contributed by atoms with van der Waals surface area (Å²) in [6.45, 7) is 8.88. The zero-order valence-corrected chi connectivity index (χ0v) is 14.4. The minimum atomic E-state index is 0.235. The molecule has 1 atom stereocenters. The van der Waals surface area contributed by atoms with Crippen LogP contribution in [0, 0.1) is 12.3 Å². The molecule has 19 heavy (non-hydrogen) atoms. The summed E-state index contributed by atoms with van der Waals surface area (Å²) in [5.41, 5.74) is 2.58. The van der Waals surface area contributed by atoms with Crippen molar-refractivity contribution < 1.29 is 0 Å². The number of amidine groups is 1. The minimum absolute atomic E-state index is 0.235. The van der Waals surface area contributed by atoms with E-state index < -0.39 is 0 Å². The first kappa shape index (κ1) is 14.9. The van der Waals surface area contributed by atoms with Gasteiger partial charge in [0.05, 0.1) is 11.7 Å². The summed E-state index contributed by atoms with van der Waals surface area (Å²) in [5, 5.41) is 4.48. The summed E-state index contributed by atoms with van der Waals surface area (Å²) in [4.78, 5) is 4.86. The van der Waals surface area contributed by atoms with Crippen LogP contribution in [0.5, 0.6) is 0 Å². The molecule has 104 valence electrons. The third-order valence-corrected chi connectivity index (χ3v) is 4.85. The van der Waals surface area contributed by atoms with Crippen molar-refractivity contribution in [1.29, 1.82) is 0 Å². The molecule has 1 aromatic rings. The van der Waals surface area contributed by atoms with Gasteiger partial charge in [0.25, 0.3) is 0 Å². The van der Waals surface area contributed by atoms with Gasteiger partial charge in [0, 0.05) is 10.2 Å². The first-order valence-corrected chi connectivity index (χ1v) is 8.38. The average molecular weight is 341 g/mol. The third-order valence-electron chi connectivity index (χ3n) is 3.27. The van der Waals surface area contributed by atoms with Crippen LogP contribution in [0.3, 0.4) is 0 Å². The lowest BCUT2D eigenvalue weighted by molar-refractivity contribution is 0.316. The van der Waals surface area contributed by atoms with E-state index in [0.717, 1.165) is 27.5 Å². The molecule has 1 heterocycles. The van der Waals surface area contributed by atoms with Crippen LogP contribution in [-0.4, -0.2) is 17.0 Å². The lowest BCUT2D eigenvalue weighted by Crippen LogP contribution is -2.30. The number of nitrogens with one attached hydrogen (secondary N) is 1. The minimum Gasteiger partial charge on any atom is -0.334 e. The average Bonchev–Trinajstić information content (AvgIpc) is 2.32. The molecule has 0 fully saturated rings. The summed E-state index contributed by atoms with van der Waals surface area (Å²) in [5.74, 6) is 1.14. The molecule has 1 aromatic carbocycles. The first-order chi connectivity index (χ1) is 8.86. The molecule has 0 aromatic heterocycles. The summed E-state index contributed by atoms with van der Waals surface area (Å²) in [6.07, 6.45) is 1.16. The summed E-state index contributed by atoms with van der Waals surface area (Å²) >= 11 is 5.41. The van der Waals surface area contributed by atoms with E-state index in [4.69, 9.17) is 4.99 Å². The van der Waals surface area contributed by atoms with Crippen molar-refractivity contribution in [3.8, 4) is 0 Å². The molecular formula is C15H21BrN2S. The van der Waals surface area contributed by atoms with Gasteiger partial charge < -0.3 is 5.32 Å². The van der Waals surface area contributed by atoms with Crippen LogP contribution in [0.4, 0.5) is 5.69 Å². The van der Waals surface area contributed by atoms with Gasteiger partial charge in [-0.2, -0.15) is 0 Å². The highest BCUT2D eigenvalue weighted by Gasteiger charge is 2.27. The molecule has 4 heteroatoms. The maximum Gasteiger partial charge on any atom is 0.161 e. The number of hydrogen-bond donors (Lipinski definition) is 1. The maximum absolute atomic E-state index is 4.86. The second-order valence-corrected chi connectivity index (χ2v) is 8.00. The lowest BCUT2D eigenvalue weighted by Gasteiger charge is -2.31. The number of nitrogens with zero attached hydrogens (tertiary/aromatic N) is 1. The van der Waals surface area contributed by atoms with E-state index in [-0.39, 0.29) is 5.41 Å². The molecule has 1 unspecified atom stereocenters. The van der Waals surface area contributed by atoms with Gasteiger partial charge in [-0.3, -0.25) is 4.99 Å². The molecule has 0 bridgehead atoms. The Labute approximate surface area is 128 Å². The molecule has 0 spiro atoms. The van der Waals surface area contributed by atoms with E-state index >= 15 is 0 Å². The lowest BCUT2D eigenvalue weighted by atomic mass is 9.85. The van der Waals surface area contributed by atoms with Gasteiger partial charge in [-0.05, 0) is 52.4 Å². The van der Waals surface area contributed by atoms with Crippen molar-refractivity contribution in [1.82, 2.24) is 0 Å². The number of thioether (sulfide) groups is 1. The van der Waals surface area contributed by atoms with Crippen molar-refractivity contribution in [3.63, 3.8) is 0 Å². The Hall–Kier alpha value is -0.480. The maximum atomic E-state index is 4.86. The largest absolute Gasteiger partial charge is 0.334 e. The monoisotopic (exact) mass is 340 g/mol. The van der Waals surface area contributed by atoms with Crippen LogP contribution in [0.1, 0.15) is 32.8 Å². The molecule has 1 aliphatic rings. The number of rotatable bonds is 1. The van der Waals surface area contributed by atoms with Crippen molar-refractivity contribution in [3.05, 3.63) is 28.2 Å². The Morgan fingerprint density at radius 3 is 2.74 bits per heavy atom. The molecule has 0 aliphatic carbocycles. The Bertz CT molecular complexity index is 491. The van der Waals surface area contributed by atoms with E-state index in [1.165, 1.54) is 5.56 Å². The van der Waals surface area contributed by atoms with Crippen LogP contribution < -0.4 is 5.32 Å². The molecule has 0 radical (unpaired) electrons. The van der Waals surface area contributed by atoms with Crippen molar-refractivity contribution >= 4 is 38.5 Å². The van der Waals surface area contributed by atoms with E-state index in [0.29, 0.717) is 6.04 Å². The zero-order valence-electron chi connectivity index (χ0n) is 12.0. The van der Waals surface area contributed by atoms with Crippen molar-refractivity contribution in [2.75, 3.05) is 11.1 Å². The SMILES string of the molecule is Cc1ccc(NC2=NC(C(C)(C)C)CCS2)c(Br)c1. The standard InChI is InChI=1S/C15H21BrN2S/c1-10-5-6-12(11(16)9-10)17-14-18-13(7-8-19-14)15(2,3)4/h5-6,9,13H,7-8H2,1-4H3,(H,17,18). The van der Waals surface area contributed by atoms with Gasteiger partial charge in [0.1, 0.15) is 0 Å². The Morgan fingerprint density at radius 2 is 2.11 bits per heavy atom. The van der Waals surface area contributed by atoms with Gasteiger partial charge in [0.2, 0.25) is 0 Å². The highest BCUT2D eigenvalue weighted by Crippen LogP contribution is 2.32. The Morgan fingerprint density at radius 1 is 1.37 bits per heavy atom. The van der Waals surface area contributed by atoms with Crippen molar-refractivity contribution in [2.45, 2.75) is 40.2 Å². The van der Waals surface area contributed by atoms with Gasteiger partial charge in [-0.1, -0.05) is 38.6 Å². The van der Waals surface area contributed by atoms with E-state index in [2.05, 4.69) is 67.1 Å². The smallest absolute Gasteiger partial charge is 0.161 e. The third kappa shape index (κ3) is 3.99. The molecule has 2 rings (SSSR count). The molecule has 1 aliphatic heterocycles. The number of benzene rings is 1. The fourth-order valence-electron chi connectivity index (χ4n) is 2.04. The van der Waals surface area contributed by atoms with Crippen LogP contribution in [0.15, 0.2) is 27.7 Å². The Kier molecular flexibility index (Phi) is 4.62. The number of anilines is 1. The fourth-order valence-corrected chi connectivity index (χ4v) is 3.55. The fraction of sp³-hybridized carbons (Fsp3) is 0.533. The molecule has 1 N–H and O–H groups in total. The van der Waals surface area contributed by atoms with Crippen LogP contribution in [0.2, 0.25) is 0 Å². The highest BCUT2D eigenvalue weighted by molar-refractivity contribution is 9.10. The predicted octanol–water partition coefficient (Wildman–Crippen LogP) is 5.08. The van der Waals surface area contributed by atoms with Gasteiger partial charge in [0.15, 0.2) is 5.17 Å². The number of hydrogen-bond acceptors (Lipinski definition) is 3. The van der Waals surface area contributed by atoms with Crippen LogP contribution in [0.25, 0.3) is 0 Å². The molecule has 0 saturated carbocycles. The van der Waals surface area contributed by atoms with E-state index in [1.807, 2.05) is 11.8 Å². The van der Waals surface area contributed by atoms with E-state index in [1.54, 1.807) is 0 Å². The van der Waals surface area contributed by atoms with Crippen LogP contribution >= 0.6 is 27.7 Å². The van der Waals surface area contributed by atoms with Gasteiger partial charge in [-0.15, -0.1) is 0 Å². The quantitative estimate of drug-likeness (QED) is 0.771. The number of aryl methyl sites for hydroxylation is 1. The second kappa shape index (κ2) is 5.88. The summed E-state index contributed by atoms with van der Waals surface area (Å²) in [7, 11) is 0. The van der Waals surface area contributed by atoms with Crippen molar-refractivity contribution in [2.24, 2.45) is 10.4 Å². The second-order valence-electron chi connectivity index (χ2n) is 6.06. The van der Waals surface area contributed by atoms with Crippen LogP contribution in [-0.2, 0) is 0 Å². The molecule has 2 nitrogen and oxygen atoms in total.